The fraction of sp³-hybridized carbons (Fsp3) is 0.286. The van der Waals surface area contributed by atoms with Crippen LogP contribution in [-0.2, 0) is 4.79 Å². The molecule has 0 aliphatic rings. The second-order valence-corrected chi connectivity index (χ2v) is 4.60. The molecule has 6 heteroatoms. The molecule has 1 aromatic heterocycles. The van der Waals surface area contributed by atoms with Gasteiger partial charge in [-0.3, -0.25) is 9.59 Å². The molecule has 2 aromatic rings. The minimum absolute atomic E-state index is 0.204. The molecule has 0 saturated heterocycles. The molecule has 0 aliphatic heterocycles. The van der Waals surface area contributed by atoms with E-state index in [4.69, 9.17) is 5.73 Å². The van der Waals surface area contributed by atoms with Gasteiger partial charge in [-0.2, -0.15) is 0 Å². The van der Waals surface area contributed by atoms with E-state index in [1.807, 2.05) is 6.92 Å². The summed E-state index contributed by atoms with van der Waals surface area (Å²) < 4.78 is 0. The van der Waals surface area contributed by atoms with E-state index in [9.17, 15) is 9.59 Å². The van der Waals surface area contributed by atoms with Crippen molar-refractivity contribution in [2.45, 2.75) is 19.9 Å². The van der Waals surface area contributed by atoms with Crippen LogP contribution in [0.15, 0.2) is 24.4 Å². The van der Waals surface area contributed by atoms with Crippen molar-refractivity contribution in [2.24, 2.45) is 0 Å². The Hall–Kier alpha value is -2.50. The van der Waals surface area contributed by atoms with E-state index in [-0.39, 0.29) is 11.8 Å². The summed E-state index contributed by atoms with van der Waals surface area (Å²) in [5, 5.41) is 6.11. The predicted octanol–water partition coefficient (Wildman–Crippen LogP) is 1.00. The maximum atomic E-state index is 12.2. The third-order valence-electron chi connectivity index (χ3n) is 3.04. The van der Waals surface area contributed by atoms with Crippen LogP contribution in [0.4, 0.5) is 5.69 Å². The van der Waals surface area contributed by atoms with Crippen molar-refractivity contribution in [3.63, 3.8) is 0 Å². The highest BCUT2D eigenvalue weighted by Crippen LogP contribution is 2.20. The Bertz CT molecular complexity index is 648. The van der Waals surface area contributed by atoms with Crippen molar-refractivity contribution < 1.29 is 9.59 Å². The zero-order chi connectivity index (χ0) is 14.7. The van der Waals surface area contributed by atoms with Gasteiger partial charge in [-0.15, -0.1) is 0 Å². The molecule has 6 nitrogen and oxygen atoms in total. The van der Waals surface area contributed by atoms with Crippen molar-refractivity contribution in [1.82, 2.24) is 15.6 Å². The summed E-state index contributed by atoms with van der Waals surface area (Å²) in [5.41, 5.74) is 7.61. The fourth-order valence-corrected chi connectivity index (χ4v) is 2.00. The summed E-state index contributed by atoms with van der Waals surface area (Å²) in [7, 11) is 0. The van der Waals surface area contributed by atoms with Crippen LogP contribution in [0.2, 0.25) is 0 Å². The quantitative estimate of drug-likeness (QED) is 0.626. The van der Waals surface area contributed by atoms with Crippen LogP contribution in [0.1, 0.15) is 24.2 Å². The van der Waals surface area contributed by atoms with Gasteiger partial charge in [-0.1, -0.05) is 0 Å². The van der Waals surface area contributed by atoms with Gasteiger partial charge >= 0.3 is 0 Å². The topological polar surface area (TPSA) is 100 Å². The summed E-state index contributed by atoms with van der Waals surface area (Å²) >= 11 is 0. The number of hydrogen-bond donors (Lipinski definition) is 4. The van der Waals surface area contributed by atoms with Gasteiger partial charge in [-0.05, 0) is 32.0 Å². The maximum absolute atomic E-state index is 12.2. The van der Waals surface area contributed by atoms with Gasteiger partial charge < -0.3 is 21.4 Å². The molecule has 106 valence electrons. The van der Waals surface area contributed by atoms with Crippen LogP contribution in [0.3, 0.4) is 0 Å². The average Bonchev–Trinajstić information content (AvgIpc) is 2.81. The number of aromatic nitrogens is 1. The van der Waals surface area contributed by atoms with Gasteiger partial charge in [0.15, 0.2) is 0 Å². The number of nitrogens with two attached hydrogens (primary N) is 1. The zero-order valence-electron chi connectivity index (χ0n) is 11.5. The van der Waals surface area contributed by atoms with E-state index in [1.165, 1.54) is 0 Å². The Balaban J connectivity index is 2.17. The number of hydrogen-bond acceptors (Lipinski definition) is 3. The first-order valence-electron chi connectivity index (χ1n) is 6.48. The molecular weight excluding hydrogens is 256 g/mol. The lowest BCUT2D eigenvalue weighted by molar-refractivity contribution is -0.122. The first kappa shape index (κ1) is 13.9. The zero-order valence-corrected chi connectivity index (χ0v) is 11.5. The van der Waals surface area contributed by atoms with Crippen molar-refractivity contribution >= 4 is 28.4 Å². The largest absolute Gasteiger partial charge is 0.399 e. The van der Waals surface area contributed by atoms with Crippen molar-refractivity contribution in [1.29, 1.82) is 0 Å². The Kier molecular flexibility index (Phi) is 3.93. The molecule has 2 amide bonds. The molecule has 1 atom stereocenters. The third-order valence-corrected chi connectivity index (χ3v) is 3.04. The van der Waals surface area contributed by atoms with Gasteiger partial charge in [0.2, 0.25) is 5.91 Å². The molecule has 1 heterocycles. The van der Waals surface area contributed by atoms with Crippen LogP contribution >= 0.6 is 0 Å². The number of fused-ring (bicyclic) bond motifs is 1. The molecule has 1 aromatic carbocycles. The number of nitrogen functional groups attached to an aromatic ring is 1. The van der Waals surface area contributed by atoms with Crippen LogP contribution in [-0.4, -0.2) is 29.4 Å². The molecule has 20 heavy (non-hydrogen) atoms. The van der Waals surface area contributed by atoms with E-state index >= 15 is 0 Å². The SMILES string of the molecule is CCNC(=O)C(C)NC(=O)c1c[nH]c2cc(N)ccc12. The highest BCUT2D eigenvalue weighted by molar-refractivity contribution is 6.08. The molecular formula is C14H18N4O2. The van der Waals surface area contributed by atoms with Crippen LogP contribution in [0.5, 0.6) is 0 Å². The van der Waals surface area contributed by atoms with Crippen molar-refractivity contribution in [3.05, 3.63) is 30.0 Å². The monoisotopic (exact) mass is 274 g/mol. The van der Waals surface area contributed by atoms with Gasteiger partial charge in [0.1, 0.15) is 6.04 Å². The molecule has 0 spiro atoms. The first-order valence-corrected chi connectivity index (χ1v) is 6.48. The highest BCUT2D eigenvalue weighted by Gasteiger charge is 2.18. The molecule has 0 fully saturated rings. The van der Waals surface area contributed by atoms with Crippen molar-refractivity contribution in [3.8, 4) is 0 Å². The number of H-pyrrole nitrogens is 1. The van der Waals surface area contributed by atoms with E-state index in [1.54, 1.807) is 31.3 Å². The second kappa shape index (κ2) is 5.64. The van der Waals surface area contributed by atoms with Crippen LogP contribution in [0.25, 0.3) is 10.9 Å². The second-order valence-electron chi connectivity index (χ2n) is 4.60. The minimum atomic E-state index is -0.582. The predicted molar refractivity (Wildman–Crippen MR) is 78.3 cm³/mol. The number of aromatic amines is 1. The number of nitrogens with one attached hydrogen (secondary N) is 3. The average molecular weight is 274 g/mol. The summed E-state index contributed by atoms with van der Waals surface area (Å²) in [6, 6.07) is 4.70. The van der Waals surface area contributed by atoms with Crippen LogP contribution < -0.4 is 16.4 Å². The number of rotatable bonds is 4. The number of benzene rings is 1. The number of carbonyl (C=O) groups is 2. The Morgan fingerprint density at radius 2 is 2.15 bits per heavy atom. The molecule has 1 unspecified atom stereocenters. The van der Waals surface area contributed by atoms with Gasteiger partial charge in [-0.25, -0.2) is 0 Å². The third kappa shape index (κ3) is 2.74. The Morgan fingerprint density at radius 1 is 1.40 bits per heavy atom. The smallest absolute Gasteiger partial charge is 0.254 e. The summed E-state index contributed by atoms with van der Waals surface area (Å²) in [5.74, 6) is -0.496. The summed E-state index contributed by atoms with van der Waals surface area (Å²) in [4.78, 5) is 26.8. The van der Waals surface area contributed by atoms with Crippen LogP contribution in [0, 0.1) is 0 Å². The van der Waals surface area contributed by atoms with Gasteiger partial charge in [0.05, 0.1) is 5.56 Å². The maximum Gasteiger partial charge on any atom is 0.254 e. The van der Waals surface area contributed by atoms with Gasteiger partial charge in [0.25, 0.3) is 5.91 Å². The highest BCUT2D eigenvalue weighted by atomic mass is 16.2. The Labute approximate surface area is 116 Å². The number of anilines is 1. The molecule has 5 N–H and O–H groups in total. The molecule has 0 radical (unpaired) electrons. The number of carbonyl (C=O) groups excluding carboxylic acids is 2. The normalized spacial score (nSPS) is 12.1. The molecule has 0 aliphatic carbocycles. The molecule has 0 bridgehead atoms. The van der Waals surface area contributed by atoms with Crippen molar-refractivity contribution in [2.75, 3.05) is 12.3 Å². The van der Waals surface area contributed by atoms with E-state index in [2.05, 4.69) is 15.6 Å². The molecule has 2 rings (SSSR count). The molecule has 0 saturated carbocycles. The lowest BCUT2D eigenvalue weighted by Gasteiger charge is -2.12. The Morgan fingerprint density at radius 3 is 2.85 bits per heavy atom. The summed E-state index contributed by atoms with van der Waals surface area (Å²) in [6.07, 6.45) is 1.61. The summed E-state index contributed by atoms with van der Waals surface area (Å²) in [6.45, 7) is 4.01. The lowest BCUT2D eigenvalue weighted by atomic mass is 10.1. The standard InChI is InChI=1S/C14H18N4O2/c1-3-16-13(19)8(2)18-14(20)11-7-17-12-6-9(15)4-5-10(11)12/h4-8,17H,3,15H2,1-2H3,(H,16,19)(H,18,20). The first-order chi connectivity index (χ1) is 9.52. The number of amides is 2. The number of likely N-dealkylation sites (N-methyl/N-ethyl adjacent to an activating group) is 1. The van der Waals surface area contributed by atoms with E-state index in [0.29, 0.717) is 17.8 Å². The van der Waals surface area contributed by atoms with E-state index < -0.39 is 6.04 Å². The fourth-order valence-electron chi connectivity index (χ4n) is 2.00. The van der Waals surface area contributed by atoms with E-state index in [0.717, 1.165) is 10.9 Å². The minimum Gasteiger partial charge on any atom is -0.399 e. The lowest BCUT2D eigenvalue weighted by Crippen LogP contribution is -2.44. The van der Waals surface area contributed by atoms with Gasteiger partial charge in [0, 0.05) is 29.3 Å².